The molecule has 3 rings (SSSR count). The van der Waals surface area contributed by atoms with Gasteiger partial charge in [-0.1, -0.05) is 35.3 Å². The SMILES string of the molecule is CCOCCOCCOCCOCCOCCOCCOCCNS(=O)(=O)c1cccc(C2CN(C)Cc3c(Cl)cc(Cl)cc32)c1. The van der Waals surface area contributed by atoms with Gasteiger partial charge in [-0.15, -0.1) is 0 Å². The number of fused-ring (bicyclic) bond motifs is 1. The standard InChI is InChI=1S/C32H48Cl2N2O9S/c1-3-39-9-10-41-13-14-43-17-18-45-20-19-44-16-15-42-12-11-40-8-7-35-46(37,38)28-6-4-5-26(21-28)30-24-36(2)25-31-29(30)22-27(33)23-32(31)34/h4-6,21-23,30,35H,3,7-20,24-25H2,1-2H3. The summed E-state index contributed by atoms with van der Waals surface area (Å²) in [6, 6.07) is 10.7. The quantitative estimate of drug-likeness (QED) is 0.152. The maximum Gasteiger partial charge on any atom is 0.240 e. The number of likely N-dealkylation sites (N-methyl/N-ethyl adjacent to an activating group) is 1. The van der Waals surface area contributed by atoms with Crippen molar-refractivity contribution in [3.8, 4) is 0 Å². The molecule has 0 saturated heterocycles. The molecule has 0 aromatic heterocycles. The van der Waals surface area contributed by atoms with Crippen LogP contribution in [0.3, 0.4) is 0 Å². The van der Waals surface area contributed by atoms with Gasteiger partial charge in [-0.25, -0.2) is 13.1 Å². The van der Waals surface area contributed by atoms with E-state index in [2.05, 4.69) is 9.62 Å². The number of nitrogens with zero attached hydrogens (tertiary/aromatic N) is 1. The van der Waals surface area contributed by atoms with Gasteiger partial charge in [0.15, 0.2) is 0 Å². The molecule has 2 aromatic rings. The van der Waals surface area contributed by atoms with Gasteiger partial charge >= 0.3 is 0 Å². The molecule has 1 N–H and O–H groups in total. The fourth-order valence-electron chi connectivity index (χ4n) is 4.82. The van der Waals surface area contributed by atoms with Crippen LogP contribution in [0.4, 0.5) is 0 Å². The van der Waals surface area contributed by atoms with Crippen molar-refractivity contribution >= 4 is 33.2 Å². The van der Waals surface area contributed by atoms with Crippen molar-refractivity contribution in [3.05, 3.63) is 63.1 Å². The Morgan fingerprint density at radius 2 is 1.28 bits per heavy atom. The maximum absolute atomic E-state index is 13.0. The molecule has 0 amide bonds. The molecule has 14 heteroatoms. The van der Waals surface area contributed by atoms with E-state index in [0.29, 0.717) is 102 Å². The largest absolute Gasteiger partial charge is 0.379 e. The molecule has 1 heterocycles. The molecule has 1 aliphatic heterocycles. The van der Waals surface area contributed by atoms with E-state index in [0.717, 1.165) is 23.2 Å². The number of halogens is 2. The molecule has 0 radical (unpaired) electrons. The zero-order chi connectivity index (χ0) is 33.0. The number of sulfonamides is 1. The predicted molar refractivity (Wildman–Crippen MR) is 178 cm³/mol. The third-order valence-electron chi connectivity index (χ3n) is 7.04. The number of rotatable bonds is 25. The monoisotopic (exact) mass is 706 g/mol. The molecule has 0 fully saturated rings. The maximum atomic E-state index is 13.0. The lowest BCUT2D eigenvalue weighted by atomic mass is 9.85. The van der Waals surface area contributed by atoms with Gasteiger partial charge < -0.3 is 38.1 Å². The molecule has 46 heavy (non-hydrogen) atoms. The Morgan fingerprint density at radius 1 is 0.761 bits per heavy atom. The summed E-state index contributed by atoms with van der Waals surface area (Å²) in [7, 11) is -1.71. The zero-order valence-electron chi connectivity index (χ0n) is 26.8. The first-order valence-corrected chi connectivity index (χ1v) is 17.9. The van der Waals surface area contributed by atoms with Crippen molar-refractivity contribution in [1.29, 1.82) is 0 Å². The molecule has 1 aliphatic rings. The minimum atomic E-state index is -3.72. The van der Waals surface area contributed by atoms with Crippen molar-refractivity contribution in [3.63, 3.8) is 0 Å². The lowest BCUT2D eigenvalue weighted by molar-refractivity contribution is -0.0199. The Balaban J connectivity index is 1.21. The number of nitrogens with one attached hydrogen (secondary N) is 1. The van der Waals surface area contributed by atoms with Gasteiger partial charge in [0.25, 0.3) is 0 Å². The summed E-state index contributed by atoms with van der Waals surface area (Å²) >= 11 is 12.8. The van der Waals surface area contributed by atoms with Crippen molar-refractivity contribution in [1.82, 2.24) is 9.62 Å². The molecule has 0 spiro atoms. The number of hydrogen-bond acceptors (Lipinski definition) is 10. The third-order valence-corrected chi connectivity index (χ3v) is 9.05. The van der Waals surface area contributed by atoms with E-state index in [4.69, 9.17) is 56.4 Å². The van der Waals surface area contributed by atoms with Gasteiger partial charge in [-0.2, -0.15) is 0 Å². The lowest BCUT2D eigenvalue weighted by Crippen LogP contribution is -2.31. The van der Waals surface area contributed by atoms with Gasteiger partial charge in [0, 0.05) is 42.2 Å². The fraction of sp³-hybridized carbons (Fsp3) is 0.625. The van der Waals surface area contributed by atoms with E-state index in [9.17, 15) is 8.42 Å². The average Bonchev–Trinajstić information content (AvgIpc) is 3.03. The highest BCUT2D eigenvalue weighted by molar-refractivity contribution is 7.89. The minimum absolute atomic E-state index is 0.0556. The normalized spacial score (nSPS) is 15.3. The smallest absolute Gasteiger partial charge is 0.240 e. The van der Waals surface area contributed by atoms with Crippen LogP contribution in [-0.2, 0) is 49.7 Å². The van der Waals surface area contributed by atoms with Gasteiger partial charge in [-0.05, 0) is 54.9 Å². The van der Waals surface area contributed by atoms with E-state index < -0.39 is 10.0 Å². The molecule has 0 aliphatic carbocycles. The van der Waals surface area contributed by atoms with E-state index in [1.54, 1.807) is 24.3 Å². The summed E-state index contributed by atoms with van der Waals surface area (Å²) in [5.41, 5.74) is 2.92. The van der Waals surface area contributed by atoms with Gasteiger partial charge in [-0.3, -0.25) is 0 Å². The molecule has 0 saturated carbocycles. The molecule has 1 atom stereocenters. The van der Waals surface area contributed by atoms with Crippen LogP contribution in [-0.4, -0.2) is 126 Å². The highest BCUT2D eigenvalue weighted by Crippen LogP contribution is 2.38. The molecule has 260 valence electrons. The lowest BCUT2D eigenvalue weighted by Gasteiger charge is -2.33. The number of hydrogen-bond donors (Lipinski definition) is 1. The Kier molecular flexibility index (Phi) is 18.9. The second kappa shape index (κ2) is 22.3. The van der Waals surface area contributed by atoms with Crippen LogP contribution in [0, 0.1) is 0 Å². The Labute approximate surface area is 283 Å². The first-order valence-electron chi connectivity index (χ1n) is 15.6. The van der Waals surface area contributed by atoms with Crippen LogP contribution in [0.25, 0.3) is 0 Å². The molecule has 2 aromatic carbocycles. The third kappa shape index (κ3) is 14.4. The summed E-state index contributed by atoms with van der Waals surface area (Å²) < 4.78 is 66.6. The molecule has 0 bridgehead atoms. The summed E-state index contributed by atoms with van der Waals surface area (Å²) in [5, 5.41) is 1.18. The van der Waals surface area contributed by atoms with Crippen LogP contribution in [0.5, 0.6) is 0 Å². The zero-order valence-corrected chi connectivity index (χ0v) is 29.2. The van der Waals surface area contributed by atoms with Crippen LogP contribution in [0.1, 0.15) is 29.5 Å². The minimum Gasteiger partial charge on any atom is -0.379 e. The van der Waals surface area contributed by atoms with Crippen LogP contribution < -0.4 is 4.72 Å². The van der Waals surface area contributed by atoms with E-state index in [1.807, 2.05) is 26.1 Å². The van der Waals surface area contributed by atoms with Crippen LogP contribution in [0.2, 0.25) is 10.0 Å². The topological polar surface area (TPSA) is 114 Å². The van der Waals surface area contributed by atoms with Gasteiger partial charge in [0.05, 0.1) is 90.8 Å². The highest BCUT2D eigenvalue weighted by atomic mass is 35.5. The molecular weight excluding hydrogens is 659 g/mol. The van der Waals surface area contributed by atoms with Crippen molar-refractivity contribution in [2.45, 2.75) is 24.3 Å². The molecule has 1 unspecified atom stereocenters. The fourth-order valence-corrected chi connectivity index (χ4v) is 6.46. The number of ether oxygens (including phenoxy) is 7. The van der Waals surface area contributed by atoms with E-state index >= 15 is 0 Å². The van der Waals surface area contributed by atoms with Crippen molar-refractivity contribution in [2.75, 3.05) is 113 Å². The summed E-state index contributed by atoms with van der Waals surface area (Å²) in [5.74, 6) is -0.0556. The van der Waals surface area contributed by atoms with Gasteiger partial charge in [0.1, 0.15) is 0 Å². The Hall–Kier alpha value is -1.39. The first kappa shape index (κ1) is 39.1. The Morgan fingerprint density at radius 3 is 1.83 bits per heavy atom. The first-order chi connectivity index (χ1) is 22.3. The predicted octanol–water partition coefficient (Wildman–Crippen LogP) is 3.99. The Bertz CT molecular complexity index is 1260. The second-order valence-electron chi connectivity index (χ2n) is 10.5. The second-order valence-corrected chi connectivity index (χ2v) is 13.2. The molecular formula is C32H48Cl2N2O9S. The van der Waals surface area contributed by atoms with E-state index in [1.165, 1.54) is 0 Å². The summed E-state index contributed by atoms with van der Waals surface area (Å²) in [4.78, 5) is 2.37. The van der Waals surface area contributed by atoms with Crippen molar-refractivity contribution in [2.24, 2.45) is 0 Å². The summed E-state index contributed by atoms with van der Waals surface area (Å²) in [6.07, 6.45) is 0. The van der Waals surface area contributed by atoms with Crippen LogP contribution >= 0.6 is 23.2 Å². The van der Waals surface area contributed by atoms with Crippen LogP contribution in [0.15, 0.2) is 41.3 Å². The van der Waals surface area contributed by atoms with Crippen molar-refractivity contribution < 1.29 is 41.6 Å². The highest BCUT2D eigenvalue weighted by Gasteiger charge is 2.28. The molecule has 11 nitrogen and oxygen atoms in total. The average molecular weight is 708 g/mol. The summed E-state index contributed by atoms with van der Waals surface area (Å²) in [6.45, 7) is 10.2. The van der Waals surface area contributed by atoms with Gasteiger partial charge in [0.2, 0.25) is 10.0 Å². The number of benzene rings is 2. The van der Waals surface area contributed by atoms with E-state index in [-0.39, 0.29) is 24.0 Å².